The van der Waals surface area contributed by atoms with Crippen LogP contribution in [0.15, 0.2) is 33.5 Å². The van der Waals surface area contributed by atoms with Crippen molar-refractivity contribution >= 4 is 5.82 Å². The first kappa shape index (κ1) is 17.7. The van der Waals surface area contributed by atoms with E-state index >= 15 is 0 Å². The standard InChI is InChI=1S/C19H28N4O2/c1-14(2)23-19(24)10-9-18(21-23)22-11-5-4-6-16(22)12-20-13-17-8-7-15(3)25-17/h7-10,14,16,20H,4-6,11-13H2,1-3H3. The molecule has 2 aromatic heterocycles. The summed E-state index contributed by atoms with van der Waals surface area (Å²) in [5.74, 6) is 2.80. The van der Waals surface area contributed by atoms with E-state index in [2.05, 4.69) is 15.3 Å². The first-order valence-corrected chi connectivity index (χ1v) is 9.17. The molecule has 6 heteroatoms. The molecule has 2 aromatic rings. The minimum atomic E-state index is -0.0429. The predicted molar refractivity (Wildman–Crippen MR) is 99.0 cm³/mol. The molecule has 6 nitrogen and oxygen atoms in total. The van der Waals surface area contributed by atoms with Crippen molar-refractivity contribution in [1.82, 2.24) is 15.1 Å². The van der Waals surface area contributed by atoms with Gasteiger partial charge < -0.3 is 14.6 Å². The minimum Gasteiger partial charge on any atom is -0.465 e. The van der Waals surface area contributed by atoms with Crippen molar-refractivity contribution in [1.29, 1.82) is 0 Å². The minimum absolute atomic E-state index is 0.0429. The third kappa shape index (κ3) is 4.31. The van der Waals surface area contributed by atoms with Crippen LogP contribution in [0.2, 0.25) is 0 Å². The number of nitrogens with one attached hydrogen (secondary N) is 1. The van der Waals surface area contributed by atoms with Crippen molar-refractivity contribution in [2.75, 3.05) is 18.0 Å². The zero-order valence-electron chi connectivity index (χ0n) is 15.4. The normalized spacial score (nSPS) is 18.1. The number of rotatable bonds is 6. The Balaban J connectivity index is 1.68. The average Bonchev–Trinajstić information content (AvgIpc) is 3.01. The van der Waals surface area contributed by atoms with E-state index < -0.39 is 0 Å². The van der Waals surface area contributed by atoms with Gasteiger partial charge in [-0.05, 0) is 58.2 Å². The Hall–Kier alpha value is -2.08. The number of anilines is 1. The molecule has 136 valence electrons. The summed E-state index contributed by atoms with van der Waals surface area (Å²) in [6.45, 7) is 8.52. The van der Waals surface area contributed by atoms with Crippen LogP contribution in [0.25, 0.3) is 0 Å². The van der Waals surface area contributed by atoms with Gasteiger partial charge in [-0.3, -0.25) is 4.79 Å². The van der Waals surface area contributed by atoms with Gasteiger partial charge in [-0.25, -0.2) is 4.68 Å². The van der Waals surface area contributed by atoms with Crippen LogP contribution in [0, 0.1) is 6.92 Å². The Bertz CT molecular complexity index is 750. The Kier molecular flexibility index (Phi) is 5.58. The second-order valence-corrected chi connectivity index (χ2v) is 7.05. The second kappa shape index (κ2) is 7.87. The first-order valence-electron chi connectivity index (χ1n) is 9.17. The van der Waals surface area contributed by atoms with Crippen LogP contribution in [0.4, 0.5) is 5.82 Å². The van der Waals surface area contributed by atoms with E-state index in [1.165, 1.54) is 6.42 Å². The second-order valence-electron chi connectivity index (χ2n) is 7.05. The molecule has 0 bridgehead atoms. The monoisotopic (exact) mass is 344 g/mol. The van der Waals surface area contributed by atoms with Gasteiger partial charge in [0.1, 0.15) is 17.3 Å². The van der Waals surface area contributed by atoms with Gasteiger partial charge in [-0.1, -0.05) is 0 Å². The van der Waals surface area contributed by atoms with Gasteiger partial charge in [0.25, 0.3) is 5.56 Å². The van der Waals surface area contributed by atoms with Crippen LogP contribution in [-0.4, -0.2) is 28.9 Å². The molecule has 1 fully saturated rings. The van der Waals surface area contributed by atoms with Gasteiger partial charge >= 0.3 is 0 Å². The molecule has 1 saturated heterocycles. The summed E-state index contributed by atoms with van der Waals surface area (Å²) in [6, 6.07) is 7.94. The summed E-state index contributed by atoms with van der Waals surface area (Å²) in [7, 11) is 0. The topological polar surface area (TPSA) is 63.3 Å². The van der Waals surface area contributed by atoms with E-state index in [-0.39, 0.29) is 11.6 Å². The highest BCUT2D eigenvalue weighted by Crippen LogP contribution is 2.22. The number of aromatic nitrogens is 2. The van der Waals surface area contributed by atoms with Crippen LogP contribution in [0.3, 0.4) is 0 Å². The maximum absolute atomic E-state index is 12.0. The van der Waals surface area contributed by atoms with E-state index in [0.29, 0.717) is 6.04 Å². The summed E-state index contributed by atoms with van der Waals surface area (Å²) in [5, 5.41) is 8.10. The first-order chi connectivity index (χ1) is 12.0. The maximum Gasteiger partial charge on any atom is 0.267 e. The van der Waals surface area contributed by atoms with Crippen molar-refractivity contribution in [3.8, 4) is 0 Å². The number of hydrogen-bond donors (Lipinski definition) is 1. The van der Waals surface area contributed by atoms with Gasteiger partial charge in [0.15, 0.2) is 0 Å². The van der Waals surface area contributed by atoms with Gasteiger partial charge in [-0.15, -0.1) is 0 Å². The molecule has 1 aliphatic heterocycles. The molecule has 0 spiro atoms. The number of aryl methyl sites for hydroxylation is 1. The zero-order valence-corrected chi connectivity index (χ0v) is 15.4. The van der Waals surface area contributed by atoms with Crippen molar-refractivity contribution in [3.63, 3.8) is 0 Å². The molecule has 0 aliphatic carbocycles. The third-order valence-electron chi connectivity index (χ3n) is 4.70. The molecule has 3 rings (SSSR count). The Morgan fingerprint density at radius 1 is 1.28 bits per heavy atom. The summed E-state index contributed by atoms with van der Waals surface area (Å²) >= 11 is 0. The lowest BCUT2D eigenvalue weighted by Gasteiger charge is -2.37. The van der Waals surface area contributed by atoms with Crippen molar-refractivity contribution in [2.24, 2.45) is 0 Å². The third-order valence-corrected chi connectivity index (χ3v) is 4.70. The number of piperidine rings is 1. The highest BCUT2D eigenvalue weighted by Gasteiger charge is 2.24. The molecular weight excluding hydrogens is 316 g/mol. The van der Waals surface area contributed by atoms with Gasteiger partial charge in [0.2, 0.25) is 0 Å². The fourth-order valence-electron chi connectivity index (χ4n) is 3.39. The predicted octanol–water partition coefficient (Wildman–Crippen LogP) is 2.87. The van der Waals surface area contributed by atoms with Crippen LogP contribution < -0.4 is 15.8 Å². The van der Waals surface area contributed by atoms with E-state index in [9.17, 15) is 4.79 Å². The summed E-state index contributed by atoms with van der Waals surface area (Å²) in [4.78, 5) is 14.3. The van der Waals surface area contributed by atoms with Gasteiger partial charge in [0, 0.05) is 25.2 Å². The molecular formula is C19H28N4O2. The number of hydrogen-bond acceptors (Lipinski definition) is 5. The number of furan rings is 1. The van der Waals surface area contributed by atoms with Crippen LogP contribution in [0.1, 0.15) is 50.7 Å². The highest BCUT2D eigenvalue weighted by atomic mass is 16.3. The summed E-state index contributed by atoms with van der Waals surface area (Å²) in [5.41, 5.74) is -0.0429. The molecule has 1 N–H and O–H groups in total. The Morgan fingerprint density at radius 3 is 2.84 bits per heavy atom. The molecule has 0 radical (unpaired) electrons. The molecule has 0 saturated carbocycles. The lowest BCUT2D eigenvalue weighted by Crippen LogP contribution is -2.46. The molecule has 3 heterocycles. The fourth-order valence-corrected chi connectivity index (χ4v) is 3.39. The lowest BCUT2D eigenvalue weighted by atomic mass is 10.0. The summed E-state index contributed by atoms with van der Waals surface area (Å²) < 4.78 is 7.18. The number of nitrogens with zero attached hydrogens (tertiary/aromatic N) is 3. The Labute approximate surface area is 148 Å². The molecule has 1 unspecified atom stereocenters. The van der Waals surface area contributed by atoms with Gasteiger partial charge in [0.05, 0.1) is 12.6 Å². The van der Waals surface area contributed by atoms with Crippen molar-refractivity contribution < 1.29 is 4.42 Å². The maximum atomic E-state index is 12.0. The van der Waals surface area contributed by atoms with Crippen LogP contribution in [-0.2, 0) is 6.54 Å². The van der Waals surface area contributed by atoms with Gasteiger partial charge in [-0.2, -0.15) is 5.10 Å². The smallest absolute Gasteiger partial charge is 0.267 e. The largest absolute Gasteiger partial charge is 0.465 e. The highest BCUT2D eigenvalue weighted by molar-refractivity contribution is 5.39. The average molecular weight is 344 g/mol. The van der Waals surface area contributed by atoms with Crippen molar-refractivity contribution in [2.45, 2.75) is 58.7 Å². The fraction of sp³-hybridized carbons (Fsp3) is 0.579. The van der Waals surface area contributed by atoms with E-state index in [1.807, 2.05) is 39.0 Å². The molecule has 1 aliphatic rings. The van der Waals surface area contributed by atoms with E-state index in [1.54, 1.807) is 10.7 Å². The van der Waals surface area contributed by atoms with Crippen LogP contribution in [0.5, 0.6) is 0 Å². The molecule has 0 amide bonds. The lowest BCUT2D eigenvalue weighted by molar-refractivity contribution is 0.407. The van der Waals surface area contributed by atoms with Crippen molar-refractivity contribution in [3.05, 3.63) is 46.1 Å². The zero-order chi connectivity index (χ0) is 17.8. The van der Waals surface area contributed by atoms with Crippen LogP contribution >= 0.6 is 0 Å². The molecule has 0 aromatic carbocycles. The SMILES string of the molecule is Cc1ccc(CNCC2CCCCN2c2ccc(=O)n(C(C)C)n2)o1. The van der Waals surface area contributed by atoms with E-state index in [0.717, 1.165) is 49.8 Å². The molecule has 1 atom stereocenters. The molecule has 25 heavy (non-hydrogen) atoms. The Morgan fingerprint density at radius 2 is 2.12 bits per heavy atom. The quantitative estimate of drug-likeness (QED) is 0.873. The van der Waals surface area contributed by atoms with E-state index in [4.69, 9.17) is 4.42 Å². The summed E-state index contributed by atoms with van der Waals surface area (Å²) in [6.07, 6.45) is 3.52.